The average molecular weight is 263 g/mol. The van der Waals surface area contributed by atoms with E-state index in [0.717, 1.165) is 31.6 Å². The van der Waals surface area contributed by atoms with E-state index >= 15 is 0 Å². The van der Waals surface area contributed by atoms with E-state index in [1.807, 2.05) is 18.2 Å². The van der Waals surface area contributed by atoms with Gasteiger partial charge in [-0.2, -0.15) is 5.11 Å². The van der Waals surface area contributed by atoms with Crippen LogP contribution in [0.25, 0.3) is 0 Å². The lowest BCUT2D eigenvalue weighted by atomic mass is 10.2. The van der Waals surface area contributed by atoms with Gasteiger partial charge in [-0.25, -0.2) is 5.53 Å². The zero-order valence-corrected chi connectivity index (χ0v) is 12.4. The largest absolute Gasteiger partial charge is 0.488 e. The van der Waals surface area contributed by atoms with Crippen molar-refractivity contribution in [2.75, 3.05) is 18.0 Å². The van der Waals surface area contributed by atoms with Crippen molar-refractivity contribution in [1.29, 1.82) is 5.53 Å². The molecule has 0 saturated carbocycles. The molecular formula is C15H25N3O. The number of benzene rings is 1. The Morgan fingerprint density at radius 2 is 1.79 bits per heavy atom. The first kappa shape index (κ1) is 15.5. The lowest BCUT2D eigenvalue weighted by Gasteiger charge is -2.23. The van der Waals surface area contributed by atoms with Gasteiger partial charge in [-0.15, -0.1) is 0 Å². The predicted octanol–water partition coefficient (Wildman–Crippen LogP) is 4.76. The standard InChI is InChI=1S/C15H25N3O/c1-5-13(6-2)19-15-11-12(18(7-3)8-4)9-10-14(15)17-16/h9-11,13,16H,5-8H2,1-4H3. The monoisotopic (exact) mass is 263 g/mol. The van der Waals surface area contributed by atoms with E-state index in [4.69, 9.17) is 10.3 Å². The van der Waals surface area contributed by atoms with Gasteiger partial charge in [-0.05, 0) is 38.8 Å². The van der Waals surface area contributed by atoms with Crippen LogP contribution < -0.4 is 9.64 Å². The first-order valence-electron chi connectivity index (χ1n) is 7.13. The molecule has 19 heavy (non-hydrogen) atoms. The number of hydrogen-bond acceptors (Lipinski definition) is 4. The van der Waals surface area contributed by atoms with Crippen molar-refractivity contribution >= 4 is 11.4 Å². The van der Waals surface area contributed by atoms with E-state index in [9.17, 15) is 0 Å². The Morgan fingerprint density at radius 3 is 2.26 bits per heavy atom. The summed E-state index contributed by atoms with van der Waals surface area (Å²) in [4.78, 5) is 2.26. The first-order valence-corrected chi connectivity index (χ1v) is 7.13. The number of nitrogens with one attached hydrogen (secondary N) is 1. The van der Waals surface area contributed by atoms with Gasteiger partial charge in [0, 0.05) is 24.8 Å². The number of hydrogen-bond donors (Lipinski definition) is 1. The number of anilines is 1. The van der Waals surface area contributed by atoms with Crippen molar-refractivity contribution in [1.82, 2.24) is 0 Å². The van der Waals surface area contributed by atoms with Gasteiger partial charge >= 0.3 is 0 Å². The summed E-state index contributed by atoms with van der Waals surface area (Å²) in [5.41, 5.74) is 8.97. The molecule has 0 aliphatic heterocycles. The van der Waals surface area contributed by atoms with E-state index in [0.29, 0.717) is 11.4 Å². The van der Waals surface area contributed by atoms with Crippen LogP contribution in [0.5, 0.6) is 5.75 Å². The minimum Gasteiger partial charge on any atom is -0.488 e. The molecule has 0 fully saturated rings. The maximum absolute atomic E-state index is 7.24. The highest BCUT2D eigenvalue weighted by Gasteiger charge is 2.12. The number of nitrogens with zero attached hydrogens (tertiary/aromatic N) is 2. The van der Waals surface area contributed by atoms with Crippen LogP contribution in [0.1, 0.15) is 40.5 Å². The number of rotatable bonds is 8. The highest BCUT2D eigenvalue weighted by molar-refractivity contribution is 5.61. The van der Waals surface area contributed by atoms with Crippen molar-refractivity contribution in [3.8, 4) is 5.75 Å². The van der Waals surface area contributed by atoms with Crippen molar-refractivity contribution < 1.29 is 4.74 Å². The van der Waals surface area contributed by atoms with Gasteiger partial charge in [0.05, 0.1) is 6.10 Å². The molecule has 0 heterocycles. The summed E-state index contributed by atoms with van der Waals surface area (Å²) in [6.07, 6.45) is 2.11. The maximum Gasteiger partial charge on any atom is 0.149 e. The molecule has 1 rings (SSSR count). The molecule has 0 aromatic heterocycles. The highest BCUT2D eigenvalue weighted by atomic mass is 16.5. The molecule has 1 aromatic rings. The lowest BCUT2D eigenvalue weighted by molar-refractivity contribution is 0.193. The molecule has 1 N–H and O–H groups in total. The van der Waals surface area contributed by atoms with Crippen LogP contribution in [0.2, 0.25) is 0 Å². The molecule has 0 amide bonds. The SMILES string of the molecule is CCC(CC)Oc1cc(N(CC)CC)ccc1N=N. The van der Waals surface area contributed by atoms with Crippen LogP contribution in [0.15, 0.2) is 23.3 Å². The molecule has 0 aliphatic carbocycles. The second kappa shape index (κ2) is 7.77. The molecule has 0 unspecified atom stereocenters. The Bertz CT molecular complexity index is 398. The minimum atomic E-state index is 0.187. The predicted molar refractivity (Wildman–Crippen MR) is 79.8 cm³/mol. The Morgan fingerprint density at radius 1 is 1.16 bits per heavy atom. The molecular weight excluding hydrogens is 238 g/mol. The first-order chi connectivity index (χ1) is 9.19. The van der Waals surface area contributed by atoms with Gasteiger partial charge in [0.15, 0.2) is 0 Å². The van der Waals surface area contributed by atoms with Crippen molar-refractivity contribution in [2.24, 2.45) is 5.11 Å². The Kier molecular flexibility index (Phi) is 6.33. The fraction of sp³-hybridized carbons (Fsp3) is 0.600. The van der Waals surface area contributed by atoms with Gasteiger partial charge in [0.1, 0.15) is 11.4 Å². The van der Waals surface area contributed by atoms with Crippen LogP contribution in [0, 0.1) is 5.53 Å². The molecule has 1 aromatic carbocycles. The molecule has 0 aliphatic rings. The molecule has 0 spiro atoms. The molecule has 0 bridgehead atoms. The third-order valence-electron chi connectivity index (χ3n) is 3.40. The van der Waals surface area contributed by atoms with Gasteiger partial charge in [0.25, 0.3) is 0 Å². The van der Waals surface area contributed by atoms with Gasteiger partial charge < -0.3 is 9.64 Å². The summed E-state index contributed by atoms with van der Waals surface area (Å²) in [7, 11) is 0. The van der Waals surface area contributed by atoms with Crippen LogP contribution in [0.3, 0.4) is 0 Å². The van der Waals surface area contributed by atoms with E-state index < -0.39 is 0 Å². The van der Waals surface area contributed by atoms with E-state index in [2.05, 4.69) is 37.7 Å². The molecule has 106 valence electrons. The quantitative estimate of drug-likeness (QED) is 0.687. The van der Waals surface area contributed by atoms with Crippen molar-refractivity contribution in [3.05, 3.63) is 18.2 Å². The minimum absolute atomic E-state index is 0.187. The Labute approximate surface area is 116 Å². The molecule has 0 radical (unpaired) electrons. The van der Waals surface area contributed by atoms with Crippen LogP contribution in [0.4, 0.5) is 11.4 Å². The summed E-state index contributed by atoms with van der Waals surface area (Å²) in [6, 6.07) is 5.86. The van der Waals surface area contributed by atoms with Gasteiger partial charge in [-0.1, -0.05) is 13.8 Å². The van der Waals surface area contributed by atoms with Gasteiger partial charge in [-0.3, -0.25) is 0 Å². The van der Waals surface area contributed by atoms with Crippen molar-refractivity contribution in [2.45, 2.75) is 46.6 Å². The fourth-order valence-corrected chi connectivity index (χ4v) is 2.11. The maximum atomic E-state index is 7.24. The van der Waals surface area contributed by atoms with E-state index in [1.54, 1.807) is 0 Å². The molecule has 4 heteroatoms. The van der Waals surface area contributed by atoms with E-state index in [-0.39, 0.29) is 6.10 Å². The van der Waals surface area contributed by atoms with Crippen LogP contribution >= 0.6 is 0 Å². The normalized spacial score (nSPS) is 10.6. The Hall–Kier alpha value is -1.58. The third kappa shape index (κ3) is 3.94. The second-order valence-corrected chi connectivity index (χ2v) is 4.49. The molecule has 0 atom stereocenters. The summed E-state index contributed by atoms with van der Waals surface area (Å²) in [5, 5.41) is 3.55. The zero-order valence-electron chi connectivity index (χ0n) is 12.4. The molecule has 4 nitrogen and oxygen atoms in total. The van der Waals surface area contributed by atoms with Crippen LogP contribution in [-0.4, -0.2) is 19.2 Å². The second-order valence-electron chi connectivity index (χ2n) is 4.49. The highest BCUT2D eigenvalue weighted by Crippen LogP contribution is 2.33. The Balaban J connectivity index is 3.04. The van der Waals surface area contributed by atoms with Crippen molar-refractivity contribution in [3.63, 3.8) is 0 Å². The average Bonchev–Trinajstić information content (AvgIpc) is 2.46. The fourth-order valence-electron chi connectivity index (χ4n) is 2.11. The molecule has 0 saturated heterocycles. The smallest absolute Gasteiger partial charge is 0.149 e. The van der Waals surface area contributed by atoms with E-state index in [1.165, 1.54) is 0 Å². The topological polar surface area (TPSA) is 48.7 Å². The van der Waals surface area contributed by atoms with Gasteiger partial charge in [0.2, 0.25) is 0 Å². The van der Waals surface area contributed by atoms with Crippen LogP contribution in [-0.2, 0) is 0 Å². The summed E-state index contributed by atoms with van der Waals surface area (Å²) in [6.45, 7) is 10.4. The number of ether oxygens (including phenoxy) is 1. The third-order valence-corrected chi connectivity index (χ3v) is 3.40. The zero-order chi connectivity index (χ0) is 14.3. The summed E-state index contributed by atoms with van der Waals surface area (Å²) in [5.74, 6) is 0.716. The summed E-state index contributed by atoms with van der Waals surface area (Å²) >= 11 is 0. The summed E-state index contributed by atoms with van der Waals surface area (Å²) < 4.78 is 5.97. The lowest BCUT2D eigenvalue weighted by Crippen LogP contribution is -2.22.